The van der Waals surface area contributed by atoms with Crippen molar-refractivity contribution >= 4 is 28.6 Å². The van der Waals surface area contributed by atoms with Crippen LogP contribution in [0.3, 0.4) is 0 Å². The molecule has 0 N–H and O–H groups in total. The average Bonchev–Trinajstić information content (AvgIpc) is 3.31. The van der Waals surface area contributed by atoms with Crippen LogP contribution in [0.4, 0.5) is 0 Å². The van der Waals surface area contributed by atoms with E-state index in [2.05, 4.69) is 27.9 Å². The molecule has 4 rings (SSSR count). The summed E-state index contributed by atoms with van der Waals surface area (Å²) in [6.07, 6.45) is 6.49. The molecule has 0 unspecified atom stereocenters. The minimum absolute atomic E-state index is 0.174. The molecule has 23 heavy (non-hydrogen) atoms. The summed E-state index contributed by atoms with van der Waals surface area (Å²) in [7, 11) is 2.19. The van der Waals surface area contributed by atoms with Crippen molar-refractivity contribution in [2.45, 2.75) is 37.8 Å². The molecule has 2 aliphatic heterocycles. The van der Waals surface area contributed by atoms with Crippen LogP contribution >= 0.6 is 22.7 Å². The molecular formula is C17H21N3OS2. The summed E-state index contributed by atoms with van der Waals surface area (Å²) in [4.78, 5) is 23.9. The Balaban J connectivity index is 1.54. The molecule has 2 aromatic rings. The molecule has 2 atom stereocenters. The molecule has 122 valence electrons. The van der Waals surface area contributed by atoms with Crippen LogP contribution in [0.5, 0.6) is 0 Å². The molecule has 1 amide bonds. The molecule has 0 aliphatic carbocycles. The first-order valence-electron chi connectivity index (χ1n) is 8.25. The van der Waals surface area contributed by atoms with E-state index >= 15 is 0 Å². The standard InChI is InChI=1S/C17H21N3OS2/c1-19-8-2-5-12(19)13-6-3-9-20(13)17(21)15-11-18-16(23-15)14-7-4-10-22-14/h4,7,10-13H,2-3,5-6,8-9H2,1H3/t12-,13+/m0/s1. The van der Waals surface area contributed by atoms with Gasteiger partial charge in [-0.1, -0.05) is 6.07 Å². The third kappa shape index (κ3) is 2.84. The summed E-state index contributed by atoms with van der Waals surface area (Å²) >= 11 is 3.20. The predicted molar refractivity (Wildman–Crippen MR) is 95.1 cm³/mol. The summed E-state index contributed by atoms with van der Waals surface area (Å²) in [5.74, 6) is 0.174. The minimum Gasteiger partial charge on any atom is -0.333 e. The first-order valence-corrected chi connectivity index (χ1v) is 9.94. The van der Waals surface area contributed by atoms with Gasteiger partial charge in [-0.2, -0.15) is 0 Å². The van der Waals surface area contributed by atoms with Crippen molar-refractivity contribution < 1.29 is 4.79 Å². The van der Waals surface area contributed by atoms with Crippen LogP contribution in [-0.2, 0) is 0 Å². The fraction of sp³-hybridized carbons (Fsp3) is 0.529. The highest BCUT2D eigenvalue weighted by molar-refractivity contribution is 7.21. The van der Waals surface area contributed by atoms with Crippen molar-refractivity contribution in [2.24, 2.45) is 0 Å². The summed E-state index contributed by atoms with van der Waals surface area (Å²) in [6, 6.07) is 4.99. The normalized spacial score (nSPS) is 25.3. The van der Waals surface area contributed by atoms with Gasteiger partial charge in [0.1, 0.15) is 9.88 Å². The topological polar surface area (TPSA) is 36.4 Å². The summed E-state index contributed by atoms with van der Waals surface area (Å²) < 4.78 is 0. The fourth-order valence-corrected chi connectivity index (χ4v) is 5.57. The molecule has 0 radical (unpaired) electrons. The first-order chi connectivity index (χ1) is 11.2. The summed E-state index contributed by atoms with van der Waals surface area (Å²) in [5, 5.41) is 3.00. The zero-order chi connectivity index (χ0) is 15.8. The van der Waals surface area contributed by atoms with E-state index < -0.39 is 0 Å². The van der Waals surface area contributed by atoms with Crippen molar-refractivity contribution in [1.82, 2.24) is 14.8 Å². The van der Waals surface area contributed by atoms with Gasteiger partial charge in [0, 0.05) is 18.6 Å². The van der Waals surface area contributed by atoms with E-state index in [1.807, 2.05) is 11.4 Å². The maximum absolute atomic E-state index is 13.0. The second kappa shape index (κ2) is 6.34. The van der Waals surface area contributed by atoms with E-state index in [4.69, 9.17) is 0 Å². The van der Waals surface area contributed by atoms with Gasteiger partial charge >= 0.3 is 0 Å². The van der Waals surface area contributed by atoms with Crippen molar-refractivity contribution in [3.63, 3.8) is 0 Å². The van der Waals surface area contributed by atoms with Gasteiger partial charge in [-0.05, 0) is 50.7 Å². The van der Waals surface area contributed by atoms with Gasteiger partial charge < -0.3 is 9.80 Å². The number of likely N-dealkylation sites (tertiary alicyclic amines) is 2. The molecule has 2 saturated heterocycles. The number of nitrogens with zero attached hydrogens (tertiary/aromatic N) is 3. The van der Waals surface area contributed by atoms with Gasteiger partial charge in [-0.25, -0.2) is 4.98 Å². The maximum Gasteiger partial charge on any atom is 0.265 e. The molecule has 0 spiro atoms. The van der Waals surface area contributed by atoms with E-state index in [0.29, 0.717) is 12.1 Å². The number of rotatable bonds is 3. The third-order valence-corrected chi connectivity index (χ3v) is 7.05. The number of likely N-dealkylation sites (N-methyl/N-ethyl adjacent to an activating group) is 1. The molecule has 2 fully saturated rings. The lowest BCUT2D eigenvalue weighted by atomic mass is 10.0. The molecule has 0 saturated carbocycles. The second-order valence-electron chi connectivity index (χ2n) is 6.41. The highest BCUT2D eigenvalue weighted by atomic mass is 32.1. The van der Waals surface area contributed by atoms with Crippen LogP contribution in [0.25, 0.3) is 9.88 Å². The van der Waals surface area contributed by atoms with Crippen molar-refractivity contribution in [1.29, 1.82) is 0 Å². The number of aromatic nitrogens is 1. The van der Waals surface area contributed by atoms with Crippen LogP contribution in [-0.4, -0.2) is 52.9 Å². The number of carbonyl (C=O) groups is 1. The molecule has 0 aromatic carbocycles. The van der Waals surface area contributed by atoms with Gasteiger partial charge in [-0.3, -0.25) is 4.79 Å². The third-order valence-electron chi connectivity index (χ3n) is 5.03. The first kappa shape index (κ1) is 15.3. The molecule has 2 aromatic heterocycles. The Labute approximate surface area is 144 Å². The number of carbonyl (C=O) groups excluding carboxylic acids is 1. The van der Waals surface area contributed by atoms with Gasteiger partial charge in [0.25, 0.3) is 5.91 Å². The Bertz CT molecular complexity index is 682. The Morgan fingerprint density at radius 2 is 2.09 bits per heavy atom. The van der Waals surface area contributed by atoms with Crippen molar-refractivity contribution in [3.05, 3.63) is 28.6 Å². The fourth-order valence-electron chi connectivity index (χ4n) is 3.90. The Kier molecular flexibility index (Phi) is 4.22. The minimum atomic E-state index is 0.174. The van der Waals surface area contributed by atoms with Gasteiger partial charge in [0.05, 0.1) is 11.1 Å². The Morgan fingerprint density at radius 1 is 1.26 bits per heavy atom. The monoisotopic (exact) mass is 347 g/mol. The molecule has 0 bridgehead atoms. The SMILES string of the molecule is CN1CCC[C@H]1[C@H]1CCCN1C(=O)c1cnc(-c2cccs2)s1. The van der Waals surface area contributed by atoms with Gasteiger partial charge in [-0.15, -0.1) is 22.7 Å². The summed E-state index contributed by atoms with van der Waals surface area (Å²) in [5.41, 5.74) is 0. The van der Waals surface area contributed by atoms with Crippen LogP contribution in [0.1, 0.15) is 35.4 Å². The van der Waals surface area contributed by atoms with Crippen LogP contribution < -0.4 is 0 Å². The van der Waals surface area contributed by atoms with E-state index in [1.165, 1.54) is 24.2 Å². The maximum atomic E-state index is 13.0. The lowest BCUT2D eigenvalue weighted by Crippen LogP contribution is -2.46. The Morgan fingerprint density at radius 3 is 2.83 bits per heavy atom. The van der Waals surface area contributed by atoms with E-state index in [-0.39, 0.29) is 5.91 Å². The molecule has 4 nitrogen and oxygen atoms in total. The Hall–Kier alpha value is -1.24. The van der Waals surface area contributed by atoms with E-state index in [0.717, 1.165) is 40.7 Å². The quantitative estimate of drug-likeness (QED) is 0.852. The lowest BCUT2D eigenvalue weighted by Gasteiger charge is -2.33. The summed E-state index contributed by atoms with van der Waals surface area (Å²) in [6.45, 7) is 2.05. The van der Waals surface area contributed by atoms with Crippen LogP contribution in [0, 0.1) is 0 Å². The van der Waals surface area contributed by atoms with Crippen LogP contribution in [0.15, 0.2) is 23.7 Å². The van der Waals surface area contributed by atoms with Crippen molar-refractivity contribution in [3.8, 4) is 9.88 Å². The van der Waals surface area contributed by atoms with E-state index in [1.54, 1.807) is 17.5 Å². The molecule has 6 heteroatoms. The zero-order valence-corrected chi connectivity index (χ0v) is 14.9. The van der Waals surface area contributed by atoms with Crippen molar-refractivity contribution in [2.75, 3.05) is 20.1 Å². The number of hydrogen-bond acceptors (Lipinski definition) is 5. The predicted octanol–water partition coefficient (Wildman–Crippen LogP) is 3.57. The van der Waals surface area contributed by atoms with Crippen LogP contribution in [0.2, 0.25) is 0 Å². The average molecular weight is 348 g/mol. The molecule has 2 aliphatic rings. The number of thiazole rings is 1. The number of thiophene rings is 1. The molecule has 4 heterocycles. The highest BCUT2D eigenvalue weighted by Crippen LogP contribution is 2.33. The highest BCUT2D eigenvalue weighted by Gasteiger charge is 2.39. The second-order valence-corrected chi connectivity index (χ2v) is 8.38. The van der Waals surface area contributed by atoms with Gasteiger partial charge in [0.15, 0.2) is 0 Å². The van der Waals surface area contributed by atoms with Gasteiger partial charge in [0.2, 0.25) is 0 Å². The zero-order valence-electron chi connectivity index (χ0n) is 13.3. The smallest absolute Gasteiger partial charge is 0.265 e. The van der Waals surface area contributed by atoms with E-state index in [9.17, 15) is 4.79 Å². The lowest BCUT2D eigenvalue weighted by molar-refractivity contribution is 0.0669. The number of amides is 1. The largest absolute Gasteiger partial charge is 0.333 e. The number of hydrogen-bond donors (Lipinski definition) is 0. The molecular weight excluding hydrogens is 326 g/mol.